The molecule has 1 fully saturated rings. The monoisotopic (exact) mass is 247 g/mol. The summed E-state index contributed by atoms with van der Waals surface area (Å²) in [5.74, 6) is 0.308. The molecule has 1 aliphatic carbocycles. The molecule has 0 unspecified atom stereocenters. The molecule has 1 saturated carbocycles. The third kappa shape index (κ3) is 1.71. The number of benzene rings is 1. The third-order valence-corrected chi connectivity index (χ3v) is 3.47. The van der Waals surface area contributed by atoms with Crippen molar-refractivity contribution in [3.05, 3.63) is 35.4 Å². The van der Waals surface area contributed by atoms with Gasteiger partial charge < -0.3 is 10.3 Å². The molecule has 0 aliphatic heterocycles. The van der Waals surface area contributed by atoms with Crippen LogP contribution in [0.1, 0.15) is 30.7 Å². The molecule has 3 rings (SSSR count). The Morgan fingerprint density at radius 2 is 2.17 bits per heavy atom. The number of nitrogens with two attached hydrogens (primary N) is 1. The zero-order valence-electron chi connectivity index (χ0n) is 10.1. The second-order valence-corrected chi connectivity index (χ2v) is 4.92. The molecule has 0 bridgehead atoms. The van der Waals surface area contributed by atoms with Crippen molar-refractivity contribution in [1.29, 1.82) is 0 Å². The van der Waals surface area contributed by atoms with Crippen molar-refractivity contribution in [2.75, 3.05) is 0 Å². The number of rotatable bonds is 2. The summed E-state index contributed by atoms with van der Waals surface area (Å²) in [4.78, 5) is 4.23. The number of hydrogen-bond acceptors (Lipinski definition) is 4. The van der Waals surface area contributed by atoms with Crippen LogP contribution >= 0.6 is 0 Å². The lowest BCUT2D eigenvalue weighted by Crippen LogP contribution is -2.44. The van der Waals surface area contributed by atoms with Gasteiger partial charge in [-0.15, -0.1) is 0 Å². The minimum atomic E-state index is -0.484. The Morgan fingerprint density at radius 3 is 2.83 bits per heavy atom. The molecule has 5 heteroatoms. The number of aromatic nitrogens is 2. The van der Waals surface area contributed by atoms with Crippen molar-refractivity contribution in [2.45, 2.75) is 31.7 Å². The van der Waals surface area contributed by atoms with E-state index in [4.69, 9.17) is 10.3 Å². The molecular weight excluding hydrogens is 233 g/mol. The van der Waals surface area contributed by atoms with Crippen LogP contribution in [0.5, 0.6) is 0 Å². The van der Waals surface area contributed by atoms with E-state index < -0.39 is 5.54 Å². The number of aryl methyl sites for hydroxylation is 1. The molecule has 0 saturated heterocycles. The molecule has 4 nitrogen and oxygen atoms in total. The van der Waals surface area contributed by atoms with Crippen LogP contribution in [0, 0.1) is 12.7 Å². The van der Waals surface area contributed by atoms with Gasteiger partial charge in [0.25, 0.3) is 5.89 Å². The van der Waals surface area contributed by atoms with Gasteiger partial charge in [0.2, 0.25) is 0 Å². The van der Waals surface area contributed by atoms with E-state index in [0.717, 1.165) is 24.8 Å². The molecule has 18 heavy (non-hydrogen) atoms. The SMILES string of the molecule is Cc1ccc(F)c(-c2nc(C3(N)CCC3)no2)c1. The van der Waals surface area contributed by atoms with Crippen LogP contribution < -0.4 is 5.73 Å². The van der Waals surface area contributed by atoms with E-state index >= 15 is 0 Å². The van der Waals surface area contributed by atoms with E-state index in [1.54, 1.807) is 12.1 Å². The second kappa shape index (κ2) is 3.88. The van der Waals surface area contributed by atoms with Crippen LogP contribution in [0.25, 0.3) is 11.5 Å². The first-order chi connectivity index (χ1) is 8.58. The van der Waals surface area contributed by atoms with E-state index in [9.17, 15) is 4.39 Å². The van der Waals surface area contributed by atoms with E-state index in [0.29, 0.717) is 11.4 Å². The van der Waals surface area contributed by atoms with Crippen LogP contribution in [-0.4, -0.2) is 10.1 Å². The van der Waals surface area contributed by atoms with E-state index in [1.807, 2.05) is 6.92 Å². The summed E-state index contributed by atoms with van der Waals surface area (Å²) < 4.78 is 18.8. The second-order valence-electron chi connectivity index (χ2n) is 4.92. The first-order valence-electron chi connectivity index (χ1n) is 5.98. The van der Waals surface area contributed by atoms with Gasteiger partial charge in [-0.3, -0.25) is 0 Å². The van der Waals surface area contributed by atoms with E-state index in [-0.39, 0.29) is 11.7 Å². The van der Waals surface area contributed by atoms with Gasteiger partial charge >= 0.3 is 0 Å². The molecule has 2 N–H and O–H groups in total. The van der Waals surface area contributed by atoms with Gasteiger partial charge in [0.05, 0.1) is 11.1 Å². The van der Waals surface area contributed by atoms with Gasteiger partial charge in [-0.25, -0.2) is 4.39 Å². The summed E-state index contributed by atoms with van der Waals surface area (Å²) in [6.45, 7) is 1.89. The Hall–Kier alpha value is -1.75. The standard InChI is InChI=1S/C13H14FN3O/c1-8-3-4-10(14)9(7-8)11-16-12(17-18-11)13(15)5-2-6-13/h3-4,7H,2,5-6,15H2,1H3. The summed E-state index contributed by atoms with van der Waals surface area (Å²) in [6.07, 6.45) is 2.77. The Morgan fingerprint density at radius 1 is 1.39 bits per heavy atom. The lowest BCUT2D eigenvalue weighted by atomic mass is 9.77. The lowest BCUT2D eigenvalue weighted by molar-refractivity contribution is 0.229. The smallest absolute Gasteiger partial charge is 0.260 e. The lowest BCUT2D eigenvalue weighted by Gasteiger charge is -2.34. The molecule has 94 valence electrons. The molecule has 0 amide bonds. The van der Waals surface area contributed by atoms with Gasteiger partial charge in [-0.05, 0) is 38.3 Å². The molecule has 0 spiro atoms. The van der Waals surface area contributed by atoms with Crippen molar-refractivity contribution >= 4 is 0 Å². The van der Waals surface area contributed by atoms with Crippen molar-refractivity contribution in [2.24, 2.45) is 5.73 Å². The summed E-state index contributed by atoms with van der Waals surface area (Å²) in [5.41, 5.74) is 6.89. The molecule has 1 aromatic heterocycles. The van der Waals surface area contributed by atoms with Crippen molar-refractivity contribution in [3.8, 4) is 11.5 Å². The maximum Gasteiger partial charge on any atom is 0.260 e. The van der Waals surface area contributed by atoms with Crippen LogP contribution in [0.2, 0.25) is 0 Å². The number of hydrogen-bond donors (Lipinski definition) is 1. The minimum absolute atomic E-state index is 0.197. The fourth-order valence-corrected chi connectivity index (χ4v) is 2.12. The van der Waals surface area contributed by atoms with Gasteiger partial charge in [0.1, 0.15) is 5.82 Å². The average molecular weight is 247 g/mol. The molecule has 1 aromatic carbocycles. The fraction of sp³-hybridized carbons (Fsp3) is 0.385. The maximum absolute atomic E-state index is 13.7. The summed E-state index contributed by atoms with van der Waals surface area (Å²) in [6, 6.07) is 4.79. The molecule has 0 atom stereocenters. The van der Waals surface area contributed by atoms with Crippen LogP contribution in [0.15, 0.2) is 22.7 Å². The van der Waals surface area contributed by atoms with Crippen molar-refractivity contribution in [3.63, 3.8) is 0 Å². The molecule has 0 radical (unpaired) electrons. The highest BCUT2D eigenvalue weighted by molar-refractivity contribution is 5.55. The van der Waals surface area contributed by atoms with Gasteiger partial charge in [-0.1, -0.05) is 16.8 Å². The largest absolute Gasteiger partial charge is 0.334 e. The normalized spacial score (nSPS) is 17.5. The Labute approximate surface area is 104 Å². The quantitative estimate of drug-likeness (QED) is 0.885. The highest BCUT2D eigenvalue weighted by Crippen LogP contribution is 2.37. The predicted molar refractivity (Wildman–Crippen MR) is 64.1 cm³/mol. The maximum atomic E-state index is 13.7. The van der Waals surface area contributed by atoms with E-state index in [1.165, 1.54) is 6.07 Å². The molecule has 2 aromatic rings. The topological polar surface area (TPSA) is 64.9 Å². The van der Waals surface area contributed by atoms with E-state index in [2.05, 4.69) is 10.1 Å². The average Bonchev–Trinajstić information content (AvgIpc) is 2.79. The van der Waals surface area contributed by atoms with Gasteiger partial charge in [0.15, 0.2) is 5.82 Å². The van der Waals surface area contributed by atoms with Crippen LogP contribution in [0.3, 0.4) is 0 Å². The van der Waals surface area contributed by atoms with Crippen LogP contribution in [0.4, 0.5) is 4.39 Å². The Balaban J connectivity index is 2.00. The highest BCUT2D eigenvalue weighted by Gasteiger charge is 2.39. The summed E-state index contributed by atoms with van der Waals surface area (Å²) >= 11 is 0. The van der Waals surface area contributed by atoms with Gasteiger partial charge in [0, 0.05) is 0 Å². The Bertz CT molecular complexity index is 590. The zero-order valence-corrected chi connectivity index (χ0v) is 10.1. The highest BCUT2D eigenvalue weighted by atomic mass is 19.1. The first kappa shape index (κ1) is 11.3. The predicted octanol–water partition coefficient (Wildman–Crippen LogP) is 2.52. The fourth-order valence-electron chi connectivity index (χ4n) is 2.12. The van der Waals surface area contributed by atoms with Crippen LogP contribution in [-0.2, 0) is 5.54 Å². The number of halogens is 1. The minimum Gasteiger partial charge on any atom is -0.334 e. The van der Waals surface area contributed by atoms with Gasteiger partial charge in [-0.2, -0.15) is 4.98 Å². The van der Waals surface area contributed by atoms with Crippen molar-refractivity contribution in [1.82, 2.24) is 10.1 Å². The molecule has 1 heterocycles. The Kier molecular flexibility index (Phi) is 2.45. The molecular formula is C13H14FN3O. The van der Waals surface area contributed by atoms with Crippen molar-refractivity contribution < 1.29 is 8.91 Å². The summed E-state index contributed by atoms with van der Waals surface area (Å²) in [5, 5.41) is 3.88. The number of nitrogens with zero attached hydrogens (tertiary/aromatic N) is 2. The molecule has 1 aliphatic rings. The first-order valence-corrected chi connectivity index (χ1v) is 5.98. The summed E-state index contributed by atoms with van der Waals surface area (Å²) in [7, 11) is 0. The third-order valence-electron chi connectivity index (χ3n) is 3.47. The zero-order chi connectivity index (χ0) is 12.8.